The smallest absolute Gasteiger partial charge is 0.286 e. The molecule has 0 aliphatic heterocycles. The molecular weight excluding hydrogens is 180 g/mol. The number of hydrogen-bond donors (Lipinski definition) is 2. The number of amides is 1. The molecule has 0 radical (unpaired) electrons. The third kappa shape index (κ3) is 1.31. The molecule has 0 saturated carbocycles. The number of fused-ring (bicyclic) bond motifs is 1. The van der Waals surface area contributed by atoms with Crippen molar-refractivity contribution < 1.29 is 9.21 Å². The van der Waals surface area contributed by atoms with Gasteiger partial charge >= 0.3 is 0 Å². The van der Waals surface area contributed by atoms with Gasteiger partial charge in [-0.05, 0) is 24.3 Å². The molecule has 2 rings (SSSR count). The van der Waals surface area contributed by atoms with Gasteiger partial charge in [0.2, 0.25) is 0 Å². The number of carbonyl (C=O) groups excluding carboxylic acids is 1. The predicted molar refractivity (Wildman–Crippen MR) is 54.0 cm³/mol. The number of anilines is 1. The second kappa shape index (κ2) is 3.06. The average Bonchev–Trinajstić information content (AvgIpc) is 2.59. The molecule has 3 N–H and O–H groups in total. The van der Waals surface area contributed by atoms with Crippen LogP contribution in [-0.2, 0) is 0 Å². The lowest BCUT2D eigenvalue weighted by atomic mass is 10.2. The maximum absolute atomic E-state index is 11.2. The van der Waals surface area contributed by atoms with Crippen LogP contribution < -0.4 is 11.1 Å². The van der Waals surface area contributed by atoms with Gasteiger partial charge in [0, 0.05) is 18.1 Å². The first kappa shape index (κ1) is 8.62. The van der Waals surface area contributed by atoms with E-state index in [1.807, 2.05) is 0 Å². The van der Waals surface area contributed by atoms with E-state index in [-0.39, 0.29) is 5.91 Å². The van der Waals surface area contributed by atoms with Crippen molar-refractivity contribution in [1.29, 1.82) is 0 Å². The van der Waals surface area contributed by atoms with Crippen LogP contribution in [0.2, 0.25) is 0 Å². The fraction of sp³-hybridized carbons (Fsp3) is 0.100. The zero-order chi connectivity index (χ0) is 10.1. The Labute approximate surface area is 80.7 Å². The Bertz CT molecular complexity index is 488. The summed E-state index contributed by atoms with van der Waals surface area (Å²) in [7, 11) is 1.56. The minimum absolute atomic E-state index is 0.236. The Morgan fingerprint density at radius 2 is 2.21 bits per heavy atom. The number of nitrogens with two attached hydrogens (primary N) is 1. The Hall–Kier alpha value is -1.97. The first-order valence-electron chi connectivity index (χ1n) is 4.22. The average molecular weight is 190 g/mol. The summed E-state index contributed by atoms with van der Waals surface area (Å²) in [5.41, 5.74) is 6.92. The lowest BCUT2D eigenvalue weighted by Crippen LogP contribution is -2.16. The van der Waals surface area contributed by atoms with Gasteiger partial charge in [-0.3, -0.25) is 4.79 Å². The molecule has 0 saturated heterocycles. The maximum Gasteiger partial charge on any atom is 0.286 e. The van der Waals surface area contributed by atoms with Crippen molar-refractivity contribution >= 4 is 22.6 Å². The second-order valence-electron chi connectivity index (χ2n) is 2.99. The van der Waals surface area contributed by atoms with E-state index < -0.39 is 0 Å². The quantitative estimate of drug-likeness (QED) is 0.667. The molecule has 72 valence electrons. The van der Waals surface area contributed by atoms with Crippen LogP contribution in [0, 0.1) is 0 Å². The zero-order valence-corrected chi connectivity index (χ0v) is 7.70. The molecule has 0 atom stereocenters. The van der Waals surface area contributed by atoms with E-state index in [1.165, 1.54) is 0 Å². The highest BCUT2D eigenvalue weighted by atomic mass is 16.3. The SMILES string of the molecule is CNC(=O)c1cc2cc(N)ccc2o1. The molecule has 0 aliphatic rings. The first-order chi connectivity index (χ1) is 6.70. The van der Waals surface area contributed by atoms with Gasteiger partial charge in [-0.25, -0.2) is 0 Å². The molecule has 1 aromatic heterocycles. The van der Waals surface area contributed by atoms with Crippen LogP contribution in [0.4, 0.5) is 5.69 Å². The van der Waals surface area contributed by atoms with Crippen LogP contribution in [0.1, 0.15) is 10.6 Å². The van der Waals surface area contributed by atoms with Crippen molar-refractivity contribution in [3.8, 4) is 0 Å². The lowest BCUT2D eigenvalue weighted by molar-refractivity contribution is 0.0938. The molecule has 14 heavy (non-hydrogen) atoms. The first-order valence-corrected chi connectivity index (χ1v) is 4.22. The Morgan fingerprint density at radius 3 is 2.93 bits per heavy atom. The maximum atomic E-state index is 11.2. The van der Waals surface area contributed by atoms with Crippen LogP contribution in [0.25, 0.3) is 11.0 Å². The van der Waals surface area contributed by atoms with Crippen LogP contribution in [0.15, 0.2) is 28.7 Å². The number of rotatable bonds is 1. The summed E-state index contributed by atoms with van der Waals surface area (Å²) in [4.78, 5) is 11.2. The highest BCUT2D eigenvalue weighted by Crippen LogP contribution is 2.21. The monoisotopic (exact) mass is 190 g/mol. The molecule has 0 aliphatic carbocycles. The van der Waals surface area contributed by atoms with Crippen molar-refractivity contribution in [2.75, 3.05) is 12.8 Å². The largest absolute Gasteiger partial charge is 0.451 e. The summed E-state index contributed by atoms with van der Waals surface area (Å²) in [5, 5.41) is 3.33. The molecular formula is C10H10N2O2. The molecule has 1 amide bonds. The Balaban J connectivity index is 2.56. The number of furan rings is 1. The van der Waals surface area contributed by atoms with Gasteiger partial charge in [-0.15, -0.1) is 0 Å². The van der Waals surface area contributed by atoms with E-state index in [4.69, 9.17) is 10.2 Å². The van der Waals surface area contributed by atoms with Gasteiger partial charge in [0.25, 0.3) is 5.91 Å². The standard InChI is InChI=1S/C10H10N2O2/c1-12-10(13)9-5-6-4-7(11)2-3-8(6)14-9/h2-5H,11H2,1H3,(H,12,13). The van der Waals surface area contributed by atoms with E-state index in [9.17, 15) is 4.79 Å². The fourth-order valence-electron chi connectivity index (χ4n) is 1.30. The Morgan fingerprint density at radius 1 is 1.43 bits per heavy atom. The van der Waals surface area contributed by atoms with Crippen LogP contribution >= 0.6 is 0 Å². The van der Waals surface area contributed by atoms with E-state index in [1.54, 1.807) is 31.3 Å². The highest BCUT2D eigenvalue weighted by molar-refractivity contribution is 5.96. The predicted octanol–water partition coefficient (Wildman–Crippen LogP) is 1.37. The van der Waals surface area contributed by atoms with Gasteiger partial charge in [0.1, 0.15) is 5.58 Å². The third-order valence-corrected chi connectivity index (χ3v) is 1.99. The molecule has 4 nitrogen and oxygen atoms in total. The molecule has 0 bridgehead atoms. The van der Waals surface area contributed by atoms with Gasteiger partial charge in [0.05, 0.1) is 0 Å². The molecule has 4 heteroatoms. The highest BCUT2D eigenvalue weighted by Gasteiger charge is 2.09. The number of nitrogens with one attached hydrogen (secondary N) is 1. The normalized spacial score (nSPS) is 10.4. The Kier molecular flexibility index (Phi) is 1.89. The van der Waals surface area contributed by atoms with Crippen molar-refractivity contribution in [1.82, 2.24) is 5.32 Å². The minimum Gasteiger partial charge on any atom is -0.451 e. The third-order valence-electron chi connectivity index (χ3n) is 1.99. The van der Waals surface area contributed by atoms with E-state index in [2.05, 4.69) is 5.32 Å². The van der Waals surface area contributed by atoms with Crippen LogP contribution in [0.5, 0.6) is 0 Å². The van der Waals surface area contributed by atoms with Crippen LogP contribution in [0.3, 0.4) is 0 Å². The number of hydrogen-bond acceptors (Lipinski definition) is 3. The van der Waals surface area contributed by atoms with E-state index in [0.717, 1.165) is 5.39 Å². The fourth-order valence-corrected chi connectivity index (χ4v) is 1.30. The minimum atomic E-state index is -0.236. The van der Waals surface area contributed by atoms with Crippen molar-refractivity contribution in [3.63, 3.8) is 0 Å². The number of benzene rings is 1. The summed E-state index contributed by atoms with van der Waals surface area (Å²) < 4.78 is 5.31. The van der Waals surface area contributed by atoms with E-state index >= 15 is 0 Å². The molecule has 1 heterocycles. The molecule has 1 aromatic carbocycles. The summed E-state index contributed by atoms with van der Waals surface area (Å²) in [6.45, 7) is 0. The number of nitrogen functional groups attached to an aromatic ring is 1. The summed E-state index contributed by atoms with van der Waals surface area (Å²) >= 11 is 0. The van der Waals surface area contributed by atoms with Gasteiger partial charge in [-0.2, -0.15) is 0 Å². The zero-order valence-electron chi connectivity index (χ0n) is 7.70. The molecule has 0 fully saturated rings. The second-order valence-corrected chi connectivity index (χ2v) is 2.99. The van der Waals surface area contributed by atoms with Gasteiger partial charge in [0.15, 0.2) is 5.76 Å². The van der Waals surface area contributed by atoms with Gasteiger partial charge in [-0.1, -0.05) is 0 Å². The molecule has 0 unspecified atom stereocenters. The molecule has 0 spiro atoms. The van der Waals surface area contributed by atoms with Gasteiger partial charge < -0.3 is 15.5 Å². The summed E-state index contributed by atoms with van der Waals surface area (Å²) in [5.74, 6) is 0.0628. The summed E-state index contributed by atoms with van der Waals surface area (Å²) in [6, 6.07) is 6.92. The molecule has 2 aromatic rings. The lowest BCUT2D eigenvalue weighted by Gasteiger charge is -1.91. The number of carbonyl (C=O) groups is 1. The van der Waals surface area contributed by atoms with Crippen LogP contribution in [-0.4, -0.2) is 13.0 Å². The van der Waals surface area contributed by atoms with E-state index in [0.29, 0.717) is 17.0 Å². The topological polar surface area (TPSA) is 68.3 Å². The van der Waals surface area contributed by atoms with Crippen molar-refractivity contribution in [2.24, 2.45) is 0 Å². The van der Waals surface area contributed by atoms with Crippen molar-refractivity contribution in [2.45, 2.75) is 0 Å². The van der Waals surface area contributed by atoms with Crippen molar-refractivity contribution in [3.05, 3.63) is 30.0 Å². The summed E-state index contributed by atoms with van der Waals surface area (Å²) in [6.07, 6.45) is 0.